The van der Waals surface area contributed by atoms with Gasteiger partial charge < -0.3 is 19.7 Å². The molecule has 2 amide bonds. The molecule has 0 unspecified atom stereocenters. The number of carbonyl (C=O) groups is 2. The summed E-state index contributed by atoms with van der Waals surface area (Å²) in [5, 5.41) is 2.95. The number of hydrogen-bond donors (Lipinski definition) is 1. The standard InChI is InChI=1S/C23H29BrN2O4/c1-5-16(2)25-23(28)17(3)26(14-18-6-8-19(24)9-7-18)22(27)15-30-21-12-10-20(29-4)11-13-21/h6-13,16-17H,5,14-15H2,1-4H3,(H,25,28)/t16-,17-/m0/s1. The lowest BCUT2D eigenvalue weighted by molar-refractivity contribution is -0.142. The van der Waals surface area contributed by atoms with Gasteiger partial charge in [-0.15, -0.1) is 0 Å². The second-order valence-electron chi connectivity index (χ2n) is 7.11. The number of carbonyl (C=O) groups excluding carboxylic acids is 2. The molecule has 0 spiro atoms. The summed E-state index contributed by atoms with van der Waals surface area (Å²) in [4.78, 5) is 27.2. The maximum Gasteiger partial charge on any atom is 0.261 e. The Morgan fingerprint density at radius 2 is 1.63 bits per heavy atom. The largest absolute Gasteiger partial charge is 0.497 e. The van der Waals surface area contributed by atoms with E-state index in [1.807, 2.05) is 38.1 Å². The molecule has 0 aliphatic heterocycles. The van der Waals surface area contributed by atoms with Gasteiger partial charge in [0.25, 0.3) is 5.91 Å². The van der Waals surface area contributed by atoms with Gasteiger partial charge in [-0.3, -0.25) is 9.59 Å². The van der Waals surface area contributed by atoms with Gasteiger partial charge in [0.05, 0.1) is 7.11 Å². The molecule has 2 rings (SSSR count). The molecule has 0 saturated heterocycles. The van der Waals surface area contributed by atoms with Gasteiger partial charge in [0.15, 0.2) is 6.61 Å². The van der Waals surface area contributed by atoms with Gasteiger partial charge in [-0.05, 0) is 62.2 Å². The highest BCUT2D eigenvalue weighted by molar-refractivity contribution is 9.10. The van der Waals surface area contributed by atoms with E-state index >= 15 is 0 Å². The molecule has 30 heavy (non-hydrogen) atoms. The van der Waals surface area contributed by atoms with Crippen LogP contribution in [0, 0.1) is 0 Å². The molecule has 0 saturated carbocycles. The molecule has 2 aromatic rings. The van der Waals surface area contributed by atoms with Crippen LogP contribution in [0.15, 0.2) is 53.0 Å². The number of methoxy groups -OCH3 is 1. The maximum atomic E-state index is 13.0. The van der Waals surface area contributed by atoms with Crippen molar-refractivity contribution in [1.82, 2.24) is 10.2 Å². The smallest absolute Gasteiger partial charge is 0.261 e. The molecule has 1 N–H and O–H groups in total. The Labute approximate surface area is 186 Å². The Kier molecular flexibility index (Phi) is 9.17. The molecule has 0 heterocycles. The molecule has 0 fully saturated rings. The molecule has 7 heteroatoms. The van der Waals surface area contributed by atoms with E-state index in [2.05, 4.69) is 21.2 Å². The summed E-state index contributed by atoms with van der Waals surface area (Å²) in [7, 11) is 1.59. The Hall–Kier alpha value is -2.54. The Morgan fingerprint density at radius 1 is 1.03 bits per heavy atom. The number of amides is 2. The van der Waals surface area contributed by atoms with E-state index in [4.69, 9.17) is 9.47 Å². The SMILES string of the molecule is CC[C@H](C)NC(=O)[C@H](C)N(Cc1ccc(Br)cc1)C(=O)COc1ccc(OC)cc1. The van der Waals surface area contributed by atoms with Crippen LogP contribution in [0.4, 0.5) is 0 Å². The van der Waals surface area contributed by atoms with E-state index < -0.39 is 6.04 Å². The average molecular weight is 477 g/mol. The van der Waals surface area contributed by atoms with E-state index in [0.717, 1.165) is 16.5 Å². The van der Waals surface area contributed by atoms with E-state index in [9.17, 15) is 9.59 Å². The fraction of sp³-hybridized carbons (Fsp3) is 0.391. The third-order valence-electron chi connectivity index (χ3n) is 4.86. The number of rotatable bonds is 10. The van der Waals surface area contributed by atoms with Crippen LogP contribution >= 0.6 is 15.9 Å². The van der Waals surface area contributed by atoms with Crippen LogP contribution < -0.4 is 14.8 Å². The van der Waals surface area contributed by atoms with Gasteiger partial charge in [0, 0.05) is 17.1 Å². The van der Waals surface area contributed by atoms with Crippen molar-refractivity contribution in [3.63, 3.8) is 0 Å². The van der Waals surface area contributed by atoms with Crippen LogP contribution in [0.2, 0.25) is 0 Å². The minimum absolute atomic E-state index is 0.0418. The summed E-state index contributed by atoms with van der Waals surface area (Å²) in [6.45, 7) is 5.83. The van der Waals surface area contributed by atoms with Gasteiger partial charge in [-0.25, -0.2) is 0 Å². The molecular weight excluding hydrogens is 448 g/mol. The zero-order valence-corrected chi connectivity index (χ0v) is 19.4. The number of halogens is 1. The van der Waals surface area contributed by atoms with Crippen molar-refractivity contribution in [2.75, 3.05) is 13.7 Å². The highest BCUT2D eigenvalue weighted by atomic mass is 79.9. The Bertz CT molecular complexity index is 824. The molecule has 0 aromatic heterocycles. The predicted octanol–water partition coefficient (Wildman–Crippen LogP) is 4.17. The van der Waals surface area contributed by atoms with Gasteiger partial charge >= 0.3 is 0 Å². The fourth-order valence-corrected chi connectivity index (χ4v) is 3.00. The number of nitrogens with zero attached hydrogens (tertiary/aromatic N) is 1. The highest BCUT2D eigenvalue weighted by Crippen LogP contribution is 2.18. The zero-order chi connectivity index (χ0) is 22.1. The topological polar surface area (TPSA) is 67.9 Å². The van der Waals surface area contributed by atoms with Crippen molar-refractivity contribution in [3.05, 3.63) is 58.6 Å². The highest BCUT2D eigenvalue weighted by Gasteiger charge is 2.27. The molecule has 0 aliphatic rings. The fourth-order valence-electron chi connectivity index (χ4n) is 2.73. The lowest BCUT2D eigenvalue weighted by Gasteiger charge is -2.29. The number of hydrogen-bond acceptors (Lipinski definition) is 4. The molecule has 0 aliphatic carbocycles. The molecular formula is C23H29BrN2O4. The van der Waals surface area contributed by atoms with Crippen molar-refractivity contribution in [2.24, 2.45) is 0 Å². The van der Waals surface area contributed by atoms with Crippen molar-refractivity contribution in [1.29, 1.82) is 0 Å². The van der Waals surface area contributed by atoms with Gasteiger partial charge in [0.1, 0.15) is 17.5 Å². The van der Waals surface area contributed by atoms with Gasteiger partial charge in [-0.2, -0.15) is 0 Å². The van der Waals surface area contributed by atoms with E-state index in [1.54, 1.807) is 43.2 Å². The van der Waals surface area contributed by atoms with Crippen LogP contribution in [0.5, 0.6) is 11.5 Å². The van der Waals surface area contributed by atoms with Crippen molar-refractivity contribution >= 4 is 27.7 Å². The first kappa shape index (κ1) is 23.7. The third kappa shape index (κ3) is 7.06. The first-order chi connectivity index (χ1) is 14.3. The first-order valence-corrected chi connectivity index (χ1v) is 10.7. The van der Waals surface area contributed by atoms with Crippen molar-refractivity contribution in [3.8, 4) is 11.5 Å². The summed E-state index contributed by atoms with van der Waals surface area (Å²) in [6, 6.07) is 14.1. The number of ether oxygens (including phenoxy) is 2. The molecule has 6 nitrogen and oxygen atoms in total. The quantitative estimate of drug-likeness (QED) is 0.558. The van der Waals surface area contributed by atoms with Gasteiger partial charge in [-0.1, -0.05) is 35.0 Å². The zero-order valence-electron chi connectivity index (χ0n) is 17.9. The molecule has 162 valence electrons. The Balaban J connectivity index is 2.12. The first-order valence-electron chi connectivity index (χ1n) is 9.95. The lowest BCUT2D eigenvalue weighted by atomic mass is 10.1. The van der Waals surface area contributed by atoms with Crippen LogP contribution in [-0.2, 0) is 16.1 Å². The molecule has 0 bridgehead atoms. The van der Waals surface area contributed by atoms with Crippen molar-refractivity contribution in [2.45, 2.75) is 45.8 Å². The summed E-state index contributed by atoms with van der Waals surface area (Å²) in [5.74, 6) is 0.824. The van der Waals surface area contributed by atoms with Crippen LogP contribution in [-0.4, -0.2) is 42.5 Å². The predicted molar refractivity (Wildman–Crippen MR) is 121 cm³/mol. The van der Waals surface area contributed by atoms with Crippen LogP contribution in [0.1, 0.15) is 32.8 Å². The summed E-state index contributed by atoms with van der Waals surface area (Å²) >= 11 is 3.42. The number of nitrogens with one attached hydrogen (secondary N) is 1. The monoisotopic (exact) mass is 476 g/mol. The van der Waals surface area contributed by atoms with Crippen molar-refractivity contribution < 1.29 is 19.1 Å². The normalized spacial score (nSPS) is 12.6. The molecule has 2 aromatic carbocycles. The maximum absolute atomic E-state index is 13.0. The summed E-state index contributed by atoms with van der Waals surface area (Å²) < 4.78 is 11.7. The lowest BCUT2D eigenvalue weighted by Crippen LogP contribution is -2.50. The minimum atomic E-state index is -0.630. The van der Waals surface area contributed by atoms with E-state index in [1.165, 1.54) is 0 Å². The van der Waals surface area contributed by atoms with Gasteiger partial charge in [0.2, 0.25) is 5.91 Å². The number of benzene rings is 2. The average Bonchev–Trinajstić information content (AvgIpc) is 2.76. The van der Waals surface area contributed by atoms with E-state index in [0.29, 0.717) is 18.0 Å². The third-order valence-corrected chi connectivity index (χ3v) is 5.38. The van der Waals surface area contributed by atoms with Crippen LogP contribution in [0.25, 0.3) is 0 Å². The second kappa shape index (κ2) is 11.6. The minimum Gasteiger partial charge on any atom is -0.497 e. The second-order valence-corrected chi connectivity index (χ2v) is 8.02. The summed E-state index contributed by atoms with van der Waals surface area (Å²) in [5.41, 5.74) is 0.930. The molecule has 0 radical (unpaired) electrons. The molecule has 2 atom stereocenters. The Morgan fingerprint density at radius 3 is 2.20 bits per heavy atom. The van der Waals surface area contributed by atoms with E-state index in [-0.39, 0.29) is 24.5 Å². The summed E-state index contributed by atoms with van der Waals surface area (Å²) in [6.07, 6.45) is 0.819. The van der Waals surface area contributed by atoms with Crippen LogP contribution in [0.3, 0.4) is 0 Å².